The lowest BCUT2D eigenvalue weighted by atomic mass is 10.1. The van der Waals surface area contributed by atoms with Crippen LogP contribution in [-0.4, -0.2) is 12.1 Å². The molecule has 0 atom stereocenters. The highest BCUT2D eigenvalue weighted by molar-refractivity contribution is 7.80. The maximum Gasteiger partial charge on any atom is 0.180 e. The van der Waals surface area contributed by atoms with E-state index in [2.05, 4.69) is 24.4 Å². The minimum Gasteiger partial charge on any atom is -0.493 e. The van der Waals surface area contributed by atoms with E-state index >= 15 is 0 Å². The molecule has 0 aromatic heterocycles. The van der Waals surface area contributed by atoms with Crippen LogP contribution in [0.5, 0.6) is 11.5 Å². The van der Waals surface area contributed by atoms with Crippen molar-refractivity contribution in [1.82, 2.24) is 5.32 Å². The van der Waals surface area contributed by atoms with Crippen LogP contribution in [-0.2, 0) is 13.2 Å². The number of hydrogen-bond acceptors (Lipinski definition) is 3. The van der Waals surface area contributed by atoms with Crippen molar-refractivity contribution >= 4 is 40.4 Å². The molecule has 0 radical (unpaired) electrons. The van der Waals surface area contributed by atoms with Crippen molar-refractivity contribution in [3.05, 3.63) is 93.0 Å². The molecule has 0 aliphatic heterocycles. The summed E-state index contributed by atoms with van der Waals surface area (Å²) >= 11 is 18.2. The van der Waals surface area contributed by atoms with Crippen molar-refractivity contribution in [2.24, 2.45) is 0 Å². The summed E-state index contributed by atoms with van der Waals surface area (Å²) in [7, 11) is 1.57. The highest BCUT2D eigenvalue weighted by Gasteiger charge is 2.15. The number of benzene rings is 3. The van der Waals surface area contributed by atoms with Gasteiger partial charge in [0.05, 0.1) is 12.1 Å². The molecule has 0 spiro atoms. The summed E-state index contributed by atoms with van der Waals surface area (Å²) < 4.78 is 11.4. The minimum atomic E-state index is 0.283. The first-order chi connectivity index (χ1) is 14.0. The topological polar surface area (TPSA) is 30.5 Å². The fourth-order valence-corrected chi connectivity index (χ4v) is 3.49. The molecule has 0 amide bonds. The number of halogens is 2. The lowest BCUT2D eigenvalue weighted by molar-refractivity contribution is 0.285. The number of aryl methyl sites for hydroxylation is 1. The highest BCUT2D eigenvalue weighted by Crippen LogP contribution is 2.37. The second-order valence-corrected chi connectivity index (χ2v) is 7.70. The van der Waals surface area contributed by atoms with Crippen molar-refractivity contribution in [3.8, 4) is 11.5 Å². The van der Waals surface area contributed by atoms with Gasteiger partial charge in [0.1, 0.15) is 11.6 Å². The van der Waals surface area contributed by atoms with Gasteiger partial charge in [-0.25, -0.2) is 0 Å². The first-order valence-corrected chi connectivity index (χ1v) is 10.2. The zero-order valence-electron chi connectivity index (χ0n) is 16.2. The third-order valence-electron chi connectivity index (χ3n) is 4.52. The van der Waals surface area contributed by atoms with Gasteiger partial charge in [0, 0.05) is 22.7 Å². The van der Waals surface area contributed by atoms with E-state index < -0.39 is 0 Å². The maximum absolute atomic E-state index is 6.48. The molecule has 0 aliphatic rings. The van der Waals surface area contributed by atoms with E-state index in [0.717, 1.165) is 11.1 Å². The van der Waals surface area contributed by atoms with Crippen LogP contribution in [0, 0.1) is 6.92 Å². The monoisotopic (exact) mass is 445 g/mol. The summed E-state index contributed by atoms with van der Waals surface area (Å²) in [5.41, 5.74) is 4.03. The number of thiocarbonyl (C=S) groups is 1. The quantitative estimate of drug-likeness (QED) is 0.428. The molecule has 3 nitrogen and oxygen atoms in total. The zero-order valence-corrected chi connectivity index (χ0v) is 18.5. The zero-order chi connectivity index (χ0) is 20.8. The third kappa shape index (κ3) is 5.41. The van der Waals surface area contributed by atoms with Crippen molar-refractivity contribution in [1.29, 1.82) is 0 Å². The number of methoxy groups -OCH3 is 1. The van der Waals surface area contributed by atoms with Crippen LogP contribution < -0.4 is 14.8 Å². The molecule has 150 valence electrons. The first-order valence-electron chi connectivity index (χ1n) is 9.06. The van der Waals surface area contributed by atoms with Crippen LogP contribution in [0.25, 0.3) is 0 Å². The molecule has 3 rings (SSSR count). The standard InChI is InChI=1S/C23H21Cl2NO2S/c1-15-7-3-4-8-16(15)13-26-23(29)18-11-20(25)22(21(12-18)27-2)28-14-17-9-5-6-10-19(17)24/h3-12H,13-14H2,1-2H3,(H,26,29). The average Bonchev–Trinajstić information content (AvgIpc) is 2.72. The molecule has 0 bridgehead atoms. The Morgan fingerprint density at radius 1 is 0.966 bits per heavy atom. The summed E-state index contributed by atoms with van der Waals surface area (Å²) in [5, 5.41) is 4.34. The molecule has 1 N–H and O–H groups in total. The van der Waals surface area contributed by atoms with Crippen LogP contribution in [0.3, 0.4) is 0 Å². The van der Waals surface area contributed by atoms with Gasteiger partial charge in [-0.1, -0.05) is 77.9 Å². The fraction of sp³-hybridized carbons (Fsp3) is 0.174. The van der Waals surface area contributed by atoms with Gasteiger partial charge in [-0.15, -0.1) is 0 Å². The molecule has 3 aromatic carbocycles. The van der Waals surface area contributed by atoms with E-state index in [1.807, 2.05) is 42.5 Å². The Morgan fingerprint density at radius 3 is 2.34 bits per heavy atom. The van der Waals surface area contributed by atoms with Crippen molar-refractivity contribution in [2.45, 2.75) is 20.1 Å². The van der Waals surface area contributed by atoms with Gasteiger partial charge in [0.15, 0.2) is 11.5 Å². The molecule has 0 fully saturated rings. The summed E-state index contributed by atoms with van der Waals surface area (Å²) in [6, 6.07) is 19.3. The van der Waals surface area contributed by atoms with Gasteiger partial charge in [-0.2, -0.15) is 0 Å². The smallest absolute Gasteiger partial charge is 0.180 e. The predicted octanol–water partition coefficient (Wildman–Crippen LogP) is 6.35. The summed E-state index contributed by atoms with van der Waals surface area (Å²) in [5.74, 6) is 0.971. The molecule has 6 heteroatoms. The van der Waals surface area contributed by atoms with E-state index in [9.17, 15) is 0 Å². The second kappa shape index (κ2) is 9.97. The SMILES string of the molecule is COc1cc(C(=S)NCc2ccccc2C)cc(Cl)c1OCc1ccccc1Cl. The Bertz CT molecular complexity index is 1020. The lowest BCUT2D eigenvalue weighted by Crippen LogP contribution is -2.22. The molecule has 3 aromatic rings. The van der Waals surface area contributed by atoms with Gasteiger partial charge in [0.2, 0.25) is 0 Å². The number of rotatable bonds is 7. The van der Waals surface area contributed by atoms with Crippen LogP contribution in [0.1, 0.15) is 22.3 Å². The highest BCUT2D eigenvalue weighted by atomic mass is 35.5. The minimum absolute atomic E-state index is 0.283. The van der Waals surface area contributed by atoms with Gasteiger partial charge in [0.25, 0.3) is 0 Å². The molecule has 0 unspecified atom stereocenters. The molecule has 0 heterocycles. The van der Waals surface area contributed by atoms with Gasteiger partial charge < -0.3 is 14.8 Å². The van der Waals surface area contributed by atoms with E-state index in [1.54, 1.807) is 13.2 Å². The molecule has 0 aliphatic carbocycles. The Labute approximate surface area is 186 Å². The lowest BCUT2D eigenvalue weighted by Gasteiger charge is -2.16. The van der Waals surface area contributed by atoms with E-state index in [0.29, 0.717) is 33.1 Å². The van der Waals surface area contributed by atoms with Gasteiger partial charge >= 0.3 is 0 Å². The Morgan fingerprint density at radius 2 is 1.66 bits per heavy atom. The van der Waals surface area contributed by atoms with E-state index in [4.69, 9.17) is 44.9 Å². The third-order valence-corrected chi connectivity index (χ3v) is 5.55. The number of ether oxygens (including phenoxy) is 2. The second-order valence-electron chi connectivity index (χ2n) is 6.48. The molecular formula is C23H21Cl2NO2S. The van der Waals surface area contributed by atoms with Crippen molar-refractivity contribution in [3.63, 3.8) is 0 Å². The first kappa shape index (κ1) is 21.4. The molecule has 0 saturated carbocycles. The molecule has 29 heavy (non-hydrogen) atoms. The summed E-state index contributed by atoms with van der Waals surface area (Å²) in [4.78, 5) is 0.589. The summed E-state index contributed by atoms with van der Waals surface area (Å²) in [6.45, 7) is 2.99. The van der Waals surface area contributed by atoms with Crippen molar-refractivity contribution in [2.75, 3.05) is 7.11 Å². The van der Waals surface area contributed by atoms with E-state index in [1.165, 1.54) is 11.1 Å². The molecular weight excluding hydrogens is 425 g/mol. The predicted molar refractivity (Wildman–Crippen MR) is 124 cm³/mol. The van der Waals surface area contributed by atoms with Gasteiger partial charge in [-0.05, 0) is 36.2 Å². The Kier molecular flexibility index (Phi) is 7.37. The Balaban J connectivity index is 1.74. The van der Waals surface area contributed by atoms with Crippen LogP contribution in [0.15, 0.2) is 60.7 Å². The Hall–Kier alpha value is -2.27. The molecule has 0 saturated heterocycles. The van der Waals surface area contributed by atoms with Gasteiger partial charge in [-0.3, -0.25) is 0 Å². The van der Waals surface area contributed by atoms with E-state index in [-0.39, 0.29) is 6.61 Å². The fourth-order valence-electron chi connectivity index (χ4n) is 2.84. The van der Waals surface area contributed by atoms with Crippen molar-refractivity contribution < 1.29 is 9.47 Å². The number of nitrogens with one attached hydrogen (secondary N) is 1. The summed E-state index contributed by atoms with van der Waals surface area (Å²) in [6.07, 6.45) is 0. The normalized spacial score (nSPS) is 10.5. The van der Waals surface area contributed by atoms with Crippen LogP contribution in [0.2, 0.25) is 10.0 Å². The van der Waals surface area contributed by atoms with Crippen LogP contribution >= 0.6 is 35.4 Å². The number of hydrogen-bond donors (Lipinski definition) is 1. The maximum atomic E-state index is 6.48. The van der Waals surface area contributed by atoms with Crippen LogP contribution in [0.4, 0.5) is 0 Å². The largest absolute Gasteiger partial charge is 0.493 e. The average molecular weight is 446 g/mol.